The highest BCUT2D eigenvalue weighted by molar-refractivity contribution is 5.85. The molecule has 0 saturated carbocycles. The first-order valence-corrected chi connectivity index (χ1v) is 6.05. The number of imidazole rings is 1. The van der Waals surface area contributed by atoms with E-state index in [1.807, 2.05) is 11.5 Å². The molecule has 0 atom stereocenters. The van der Waals surface area contributed by atoms with Gasteiger partial charge in [-0.3, -0.25) is 9.36 Å². The second-order valence-corrected chi connectivity index (χ2v) is 4.22. The summed E-state index contributed by atoms with van der Waals surface area (Å²) in [7, 11) is 0. The largest absolute Gasteiger partial charge is 0.477 e. The summed E-state index contributed by atoms with van der Waals surface area (Å²) in [5.41, 5.74) is 0.471. The zero-order chi connectivity index (χ0) is 13.8. The van der Waals surface area contributed by atoms with Gasteiger partial charge in [-0.15, -0.1) is 0 Å². The fourth-order valence-electron chi connectivity index (χ4n) is 1.95. The third-order valence-corrected chi connectivity index (χ3v) is 2.85. The van der Waals surface area contributed by atoms with Crippen LogP contribution < -0.4 is 5.56 Å². The topological polar surface area (TPSA) is 77.1 Å². The summed E-state index contributed by atoms with van der Waals surface area (Å²) in [4.78, 5) is 27.0. The van der Waals surface area contributed by atoms with Crippen molar-refractivity contribution in [2.45, 2.75) is 26.4 Å². The molecule has 0 radical (unpaired) electrons. The van der Waals surface area contributed by atoms with Crippen LogP contribution >= 0.6 is 0 Å². The number of nitrogens with zero attached hydrogens (tertiary/aromatic N) is 3. The number of hydrogen-bond acceptors (Lipinski definition) is 3. The molecule has 0 amide bonds. The summed E-state index contributed by atoms with van der Waals surface area (Å²) < 4.78 is 3.16. The molecule has 2 aromatic heterocycles. The van der Waals surface area contributed by atoms with Crippen LogP contribution in [0.15, 0.2) is 35.5 Å². The van der Waals surface area contributed by atoms with Crippen molar-refractivity contribution < 1.29 is 9.90 Å². The lowest BCUT2D eigenvalue weighted by atomic mass is 10.3. The maximum Gasteiger partial charge on any atom is 0.352 e. The van der Waals surface area contributed by atoms with Crippen molar-refractivity contribution in [2.24, 2.45) is 0 Å². The highest BCUT2D eigenvalue weighted by atomic mass is 16.4. The predicted molar refractivity (Wildman–Crippen MR) is 69.3 cm³/mol. The maximum absolute atomic E-state index is 11.8. The quantitative estimate of drug-likeness (QED) is 0.877. The number of pyridine rings is 1. The van der Waals surface area contributed by atoms with Crippen molar-refractivity contribution in [2.75, 3.05) is 0 Å². The zero-order valence-corrected chi connectivity index (χ0v) is 10.6. The molecular weight excluding hydrogens is 246 g/mol. The molecule has 0 fully saturated rings. The van der Waals surface area contributed by atoms with Gasteiger partial charge in [-0.2, -0.15) is 0 Å². The molecule has 1 N–H and O–H groups in total. The van der Waals surface area contributed by atoms with Crippen LogP contribution in [0.3, 0.4) is 0 Å². The zero-order valence-electron chi connectivity index (χ0n) is 10.6. The van der Waals surface area contributed by atoms with Gasteiger partial charge < -0.3 is 9.67 Å². The average molecular weight is 261 g/mol. The standard InChI is InChI=1S/C13H15N3O3/c1-2-6-15-9-14-7-10(15)8-16-11(13(18)19)4-3-5-12(16)17/h3-5,7,9H,2,6,8H2,1H3,(H,18,19). The Balaban J connectivity index is 2.40. The van der Waals surface area contributed by atoms with E-state index in [2.05, 4.69) is 4.98 Å². The number of carboxylic acid groups (broad SMARTS) is 1. The third kappa shape index (κ3) is 2.73. The van der Waals surface area contributed by atoms with Crippen LogP contribution in [0.4, 0.5) is 0 Å². The number of hydrogen-bond donors (Lipinski definition) is 1. The Hall–Kier alpha value is -2.37. The Morgan fingerprint density at radius 2 is 2.21 bits per heavy atom. The smallest absolute Gasteiger partial charge is 0.352 e. The number of aryl methyl sites for hydroxylation is 1. The van der Waals surface area contributed by atoms with E-state index in [9.17, 15) is 9.59 Å². The molecule has 0 aliphatic carbocycles. The fraction of sp³-hybridized carbons (Fsp3) is 0.308. The van der Waals surface area contributed by atoms with Gasteiger partial charge >= 0.3 is 5.97 Å². The lowest BCUT2D eigenvalue weighted by Gasteiger charge is -2.11. The van der Waals surface area contributed by atoms with Crippen molar-refractivity contribution in [3.05, 3.63) is 52.5 Å². The van der Waals surface area contributed by atoms with E-state index in [0.29, 0.717) is 0 Å². The van der Waals surface area contributed by atoms with Crippen molar-refractivity contribution in [3.8, 4) is 0 Å². The van der Waals surface area contributed by atoms with Crippen LogP contribution in [-0.4, -0.2) is 25.2 Å². The minimum Gasteiger partial charge on any atom is -0.477 e. The van der Waals surface area contributed by atoms with E-state index in [-0.39, 0.29) is 17.8 Å². The van der Waals surface area contributed by atoms with E-state index < -0.39 is 5.97 Å². The lowest BCUT2D eigenvalue weighted by Crippen LogP contribution is -2.26. The van der Waals surface area contributed by atoms with Gasteiger partial charge in [-0.25, -0.2) is 9.78 Å². The molecule has 0 bridgehead atoms. The molecule has 0 spiro atoms. The van der Waals surface area contributed by atoms with E-state index >= 15 is 0 Å². The Morgan fingerprint density at radius 1 is 1.42 bits per heavy atom. The van der Waals surface area contributed by atoms with Crippen LogP contribution in [0.1, 0.15) is 29.5 Å². The van der Waals surface area contributed by atoms with Gasteiger partial charge in [0.05, 0.1) is 18.6 Å². The fourth-order valence-corrected chi connectivity index (χ4v) is 1.95. The van der Waals surface area contributed by atoms with E-state index in [0.717, 1.165) is 18.7 Å². The summed E-state index contributed by atoms with van der Waals surface area (Å²) in [6.45, 7) is 3.04. The van der Waals surface area contributed by atoms with Crippen molar-refractivity contribution in [3.63, 3.8) is 0 Å². The van der Waals surface area contributed by atoms with Gasteiger partial charge in [0, 0.05) is 18.8 Å². The second-order valence-electron chi connectivity index (χ2n) is 4.22. The Labute approximate surface area is 109 Å². The van der Waals surface area contributed by atoms with Crippen molar-refractivity contribution in [1.82, 2.24) is 14.1 Å². The Bertz CT molecular complexity index is 643. The Kier molecular flexibility index (Phi) is 3.79. The first-order valence-electron chi connectivity index (χ1n) is 6.05. The van der Waals surface area contributed by atoms with Crippen LogP contribution in [0.2, 0.25) is 0 Å². The number of aromatic carboxylic acids is 1. The predicted octanol–water partition coefficient (Wildman–Crippen LogP) is 1.20. The monoisotopic (exact) mass is 261 g/mol. The second kappa shape index (κ2) is 5.51. The summed E-state index contributed by atoms with van der Waals surface area (Å²) >= 11 is 0. The molecule has 0 aliphatic heterocycles. The summed E-state index contributed by atoms with van der Waals surface area (Å²) in [6, 6.07) is 4.23. The van der Waals surface area contributed by atoms with Crippen LogP contribution in [0, 0.1) is 0 Å². The molecule has 2 aromatic rings. The molecule has 0 aromatic carbocycles. The third-order valence-electron chi connectivity index (χ3n) is 2.85. The van der Waals surface area contributed by atoms with Gasteiger partial charge in [0.2, 0.25) is 0 Å². The SMILES string of the molecule is CCCn1cncc1Cn1c(C(=O)O)cccc1=O. The minimum atomic E-state index is -1.11. The maximum atomic E-state index is 11.8. The van der Waals surface area contributed by atoms with E-state index in [4.69, 9.17) is 5.11 Å². The lowest BCUT2D eigenvalue weighted by molar-refractivity contribution is 0.0684. The number of aromatic nitrogens is 3. The normalized spacial score (nSPS) is 10.6. The molecule has 2 rings (SSSR count). The summed E-state index contributed by atoms with van der Waals surface area (Å²) in [5, 5.41) is 9.11. The summed E-state index contributed by atoms with van der Waals surface area (Å²) in [5.74, 6) is -1.11. The van der Waals surface area contributed by atoms with Gasteiger partial charge in [0.25, 0.3) is 5.56 Å². The molecule has 0 unspecified atom stereocenters. The molecule has 2 heterocycles. The molecule has 0 saturated heterocycles. The molecule has 6 heteroatoms. The van der Waals surface area contributed by atoms with Crippen molar-refractivity contribution >= 4 is 5.97 Å². The minimum absolute atomic E-state index is 0.0169. The Morgan fingerprint density at radius 3 is 2.89 bits per heavy atom. The number of carboxylic acids is 1. The van der Waals surface area contributed by atoms with Crippen molar-refractivity contribution in [1.29, 1.82) is 0 Å². The molecule has 6 nitrogen and oxygen atoms in total. The molecular formula is C13H15N3O3. The van der Waals surface area contributed by atoms with Crippen LogP contribution in [0.25, 0.3) is 0 Å². The van der Waals surface area contributed by atoms with E-state index in [1.54, 1.807) is 12.5 Å². The van der Waals surface area contributed by atoms with Crippen LogP contribution in [0.5, 0.6) is 0 Å². The van der Waals surface area contributed by atoms with Gasteiger partial charge in [0.1, 0.15) is 5.69 Å². The van der Waals surface area contributed by atoms with Crippen LogP contribution in [-0.2, 0) is 13.1 Å². The molecule has 19 heavy (non-hydrogen) atoms. The average Bonchev–Trinajstić information content (AvgIpc) is 2.79. The first-order chi connectivity index (χ1) is 9.13. The molecule has 0 aliphatic rings. The number of rotatable bonds is 5. The van der Waals surface area contributed by atoms with Gasteiger partial charge in [-0.05, 0) is 12.5 Å². The summed E-state index contributed by atoms with van der Waals surface area (Å²) in [6.07, 6.45) is 4.28. The highest BCUT2D eigenvalue weighted by Crippen LogP contribution is 2.05. The van der Waals surface area contributed by atoms with E-state index in [1.165, 1.54) is 22.8 Å². The number of carbonyl (C=O) groups is 1. The van der Waals surface area contributed by atoms with Gasteiger partial charge in [-0.1, -0.05) is 13.0 Å². The highest BCUT2D eigenvalue weighted by Gasteiger charge is 2.12. The molecule has 100 valence electrons. The van der Waals surface area contributed by atoms with Gasteiger partial charge in [0.15, 0.2) is 0 Å². The first kappa shape index (κ1) is 13.1.